The summed E-state index contributed by atoms with van der Waals surface area (Å²) in [5.41, 5.74) is 0.222. The predicted octanol–water partition coefficient (Wildman–Crippen LogP) is 2.09. The molecule has 1 aromatic rings. The third-order valence-electron chi connectivity index (χ3n) is 1.99. The fourth-order valence-electron chi connectivity index (χ4n) is 1.31. The van der Waals surface area contributed by atoms with Crippen molar-refractivity contribution >= 4 is 11.6 Å². The van der Waals surface area contributed by atoms with Crippen LogP contribution in [0.25, 0.3) is 0 Å². The zero-order valence-electron chi connectivity index (χ0n) is 8.40. The highest BCUT2D eigenvalue weighted by molar-refractivity contribution is 5.94. The number of para-hydroxylation sites is 1. The summed E-state index contributed by atoms with van der Waals surface area (Å²) in [5.74, 6) is -0.837. The first-order chi connectivity index (χ1) is 7.20. The lowest BCUT2D eigenvalue weighted by Crippen LogP contribution is -2.30. The maximum absolute atomic E-state index is 13.4. The van der Waals surface area contributed by atoms with Crippen molar-refractivity contribution in [3.63, 3.8) is 0 Å². The Hall–Kier alpha value is -1.89. The molecule has 0 fully saturated rings. The molecule has 0 saturated heterocycles. The Balaban J connectivity index is 2.98. The number of nitrogens with zero attached hydrogens (tertiary/aromatic N) is 2. The summed E-state index contributed by atoms with van der Waals surface area (Å²) >= 11 is 0. The monoisotopic (exact) mass is 206 g/mol. The van der Waals surface area contributed by atoms with Crippen molar-refractivity contribution in [2.24, 2.45) is 0 Å². The first-order valence-corrected chi connectivity index (χ1v) is 4.62. The lowest BCUT2D eigenvalue weighted by molar-refractivity contribution is -0.117. The van der Waals surface area contributed by atoms with Gasteiger partial charge in [-0.05, 0) is 19.1 Å². The summed E-state index contributed by atoms with van der Waals surface area (Å²) < 4.78 is 13.4. The van der Waals surface area contributed by atoms with E-state index in [4.69, 9.17) is 5.26 Å². The van der Waals surface area contributed by atoms with E-state index in [9.17, 15) is 9.18 Å². The van der Waals surface area contributed by atoms with Gasteiger partial charge in [0, 0.05) is 6.54 Å². The molecule has 0 aliphatic carbocycles. The largest absolute Gasteiger partial charge is 0.309 e. The van der Waals surface area contributed by atoms with Crippen LogP contribution in [0.4, 0.5) is 10.1 Å². The maximum atomic E-state index is 13.4. The molecule has 0 aliphatic heterocycles. The van der Waals surface area contributed by atoms with E-state index in [1.165, 1.54) is 17.0 Å². The minimum Gasteiger partial charge on any atom is -0.309 e. The van der Waals surface area contributed by atoms with Crippen LogP contribution in [0.5, 0.6) is 0 Å². The number of rotatable bonds is 3. The number of nitriles is 1. The molecule has 0 atom stereocenters. The molecule has 1 rings (SSSR count). The van der Waals surface area contributed by atoms with Gasteiger partial charge >= 0.3 is 0 Å². The second-order valence-electron chi connectivity index (χ2n) is 2.92. The number of halogens is 1. The normalized spacial score (nSPS) is 9.40. The van der Waals surface area contributed by atoms with Crippen LogP contribution in [0.3, 0.4) is 0 Å². The minimum atomic E-state index is -0.453. The van der Waals surface area contributed by atoms with Crippen molar-refractivity contribution in [2.45, 2.75) is 13.3 Å². The van der Waals surface area contributed by atoms with E-state index in [0.29, 0.717) is 6.54 Å². The second kappa shape index (κ2) is 5.11. The Kier molecular flexibility index (Phi) is 3.81. The molecule has 0 aromatic heterocycles. The minimum absolute atomic E-state index is 0.222. The molecule has 4 heteroatoms. The number of carbonyl (C=O) groups is 1. The third-order valence-corrected chi connectivity index (χ3v) is 1.99. The van der Waals surface area contributed by atoms with Gasteiger partial charge < -0.3 is 4.90 Å². The standard InChI is InChI=1S/C11H11FN2O/c1-2-14(11(15)7-8-13)10-6-4-3-5-9(10)12/h3-6H,2,7H2,1H3. The Morgan fingerprint density at radius 3 is 2.73 bits per heavy atom. The van der Waals surface area contributed by atoms with E-state index in [-0.39, 0.29) is 18.0 Å². The molecule has 0 aliphatic rings. The number of amides is 1. The van der Waals surface area contributed by atoms with Gasteiger partial charge in [0.1, 0.15) is 12.2 Å². The van der Waals surface area contributed by atoms with Gasteiger partial charge in [0.25, 0.3) is 0 Å². The molecule has 1 aromatic carbocycles. The van der Waals surface area contributed by atoms with Gasteiger partial charge in [0.2, 0.25) is 5.91 Å². The van der Waals surface area contributed by atoms with Crippen molar-refractivity contribution < 1.29 is 9.18 Å². The first-order valence-electron chi connectivity index (χ1n) is 4.62. The Morgan fingerprint density at radius 1 is 1.53 bits per heavy atom. The zero-order chi connectivity index (χ0) is 11.3. The Bertz CT molecular complexity index is 398. The van der Waals surface area contributed by atoms with Gasteiger partial charge in [-0.2, -0.15) is 5.26 Å². The summed E-state index contributed by atoms with van der Waals surface area (Å²) in [5, 5.41) is 8.41. The first kappa shape index (κ1) is 11.2. The van der Waals surface area contributed by atoms with Crippen LogP contribution in [0.15, 0.2) is 24.3 Å². The van der Waals surface area contributed by atoms with Crippen molar-refractivity contribution in [3.8, 4) is 6.07 Å². The summed E-state index contributed by atoms with van der Waals surface area (Å²) in [6, 6.07) is 7.78. The van der Waals surface area contributed by atoms with Gasteiger partial charge in [-0.15, -0.1) is 0 Å². The summed E-state index contributed by atoms with van der Waals surface area (Å²) in [4.78, 5) is 12.7. The van der Waals surface area contributed by atoms with E-state index in [2.05, 4.69) is 0 Å². The third kappa shape index (κ3) is 2.53. The van der Waals surface area contributed by atoms with Gasteiger partial charge in [-0.3, -0.25) is 4.79 Å². The van der Waals surface area contributed by atoms with Gasteiger partial charge in [0.15, 0.2) is 0 Å². The SMILES string of the molecule is CCN(C(=O)CC#N)c1ccccc1F. The van der Waals surface area contributed by atoms with E-state index in [0.717, 1.165) is 0 Å². The molecule has 0 saturated carbocycles. The Labute approximate surface area is 87.7 Å². The molecule has 0 unspecified atom stereocenters. The fourth-order valence-corrected chi connectivity index (χ4v) is 1.31. The lowest BCUT2D eigenvalue weighted by Gasteiger charge is -2.20. The van der Waals surface area contributed by atoms with E-state index < -0.39 is 5.82 Å². The van der Waals surface area contributed by atoms with E-state index in [1.54, 1.807) is 25.1 Å². The van der Waals surface area contributed by atoms with Crippen LogP contribution in [0.1, 0.15) is 13.3 Å². The lowest BCUT2D eigenvalue weighted by atomic mass is 10.2. The van der Waals surface area contributed by atoms with Crippen LogP contribution in [0.2, 0.25) is 0 Å². The zero-order valence-corrected chi connectivity index (χ0v) is 8.40. The summed E-state index contributed by atoms with van der Waals surface area (Å²) in [7, 11) is 0. The highest BCUT2D eigenvalue weighted by Gasteiger charge is 2.16. The van der Waals surface area contributed by atoms with Gasteiger partial charge in [0.05, 0.1) is 11.8 Å². The van der Waals surface area contributed by atoms with Gasteiger partial charge in [-0.25, -0.2) is 4.39 Å². The smallest absolute Gasteiger partial charge is 0.241 e. The van der Waals surface area contributed by atoms with Crippen molar-refractivity contribution in [2.75, 3.05) is 11.4 Å². The number of anilines is 1. The molecular formula is C11H11FN2O. The summed E-state index contributed by atoms with van der Waals surface area (Å²) in [6.07, 6.45) is -0.234. The van der Waals surface area contributed by atoms with Crippen LogP contribution in [-0.2, 0) is 4.79 Å². The highest BCUT2D eigenvalue weighted by atomic mass is 19.1. The number of hydrogen-bond acceptors (Lipinski definition) is 2. The average molecular weight is 206 g/mol. The van der Waals surface area contributed by atoms with Crippen LogP contribution >= 0.6 is 0 Å². The quantitative estimate of drug-likeness (QED) is 0.760. The maximum Gasteiger partial charge on any atom is 0.241 e. The number of hydrogen-bond donors (Lipinski definition) is 0. The molecule has 15 heavy (non-hydrogen) atoms. The number of carbonyl (C=O) groups excluding carboxylic acids is 1. The number of benzene rings is 1. The molecule has 0 heterocycles. The molecule has 3 nitrogen and oxygen atoms in total. The molecule has 1 amide bonds. The molecule has 0 spiro atoms. The second-order valence-corrected chi connectivity index (χ2v) is 2.92. The van der Waals surface area contributed by atoms with Crippen LogP contribution in [-0.4, -0.2) is 12.5 Å². The van der Waals surface area contributed by atoms with Crippen molar-refractivity contribution in [3.05, 3.63) is 30.1 Å². The van der Waals surface area contributed by atoms with Crippen molar-refractivity contribution in [1.82, 2.24) is 0 Å². The predicted molar refractivity (Wildman–Crippen MR) is 54.7 cm³/mol. The average Bonchev–Trinajstić information content (AvgIpc) is 2.22. The fraction of sp³-hybridized carbons (Fsp3) is 0.273. The Morgan fingerprint density at radius 2 is 2.20 bits per heavy atom. The highest BCUT2D eigenvalue weighted by Crippen LogP contribution is 2.18. The van der Waals surface area contributed by atoms with E-state index in [1.807, 2.05) is 0 Å². The van der Waals surface area contributed by atoms with Gasteiger partial charge in [-0.1, -0.05) is 12.1 Å². The molecule has 0 bridgehead atoms. The summed E-state index contributed by atoms with van der Waals surface area (Å²) in [6.45, 7) is 2.09. The molecule has 78 valence electrons. The van der Waals surface area contributed by atoms with Crippen LogP contribution in [0, 0.1) is 17.1 Å². The topological polar surface area (TPSA) is 44.1 Å². The van der Waals surface area contributed by atoms with Crippen molar-refractivity contribution in [1.29, 1.82) is 5.26 Å². The molecule has 0 radical (unpaired) electrons. The molecule has 0 N–H and O–H groups in total. The molecular weight excluding hydrogens is 195 g/mol. The van der Waals surface area contributed by atoms with Crippen LogP contribution < -0.4 is 4.90 Å². The van der Waals surface area contributed by atoms with E-state index >= 15 is 0 Å².